The highest BCUT2D eigenvalue weighted by atomic mass is 28.3. The lowest BCUT2D eigenvalue weighted by Crippen LogP contribution is -2.74. The van der Waals surface area contributed by atoms with Crippen LogP contribution in [0.4, 0.5) is 0 Å². The van der Waals surface area contributed by atoms with Crippen molar-refractivity contribution in [3.63, 3.8) is 0 Å². The summed E-state index contributed by atoms with van der Waals surface area (Å²) in [5.41, 5.74) is 3.19. The van der Waals surface area contributed by atoms with Gasteiger partial charge in [-0.1, -0.05) is 255 Å². The number of allylic oxidation sites excluding steroid dienone is 4. The van der Waals surface area contributed by atoms with E-state index in [4.69, 9.17) is 15.0 Å². The van der Waals surface area contributed by atoms with E-state index in [2.05, 4.69) is 237 Å². The molecule has 1 heterocycles. The number of hydrogen-bond donors (Lipinski definition) is 0. The molecule has 296 valence electrons. The molecule has 1 atom stereocenters. The van der Waals surface area contributed by atoms with Gasteiger partial charge in [0.2, 0.25) is 0 Å². The number of nitrogens with zero attached hydrogens (tertiary/aromatic N) is 3. The van der Waals surface area contributed by atoms with Gasteiger partial charge in [-0.05, 0) is 48.3 Å². The Morgan fingerprint density at radius 2 is 0.677 bits per heavy atom. The molecule has 0 fully saturated rings. The van der Waals surface area contributed by atoms with E-state index in [1.54, 1.807) is 0 Å². The van der Waals surface area contributed by atoms with Gasteiger partial charge in [-0.15, -0.1) is 0 Å². The molecule has 0 spiro atoms. The Kier molecular flexibility index (Phi) is 10.9. The minimum atomic E-state index is -2.81. The molecule has 0 radical (unpaired) electrons. The van der Waals surface area contributed by atoms with Crippen LogP contribution in [-0.4, -0.2) is 31.1 Å². The van der Waals surface area contributed by atoms with Gasteiger partial charge in [-0.3, -0.25) is 0 Å². The molecule has 0 saturated heterocycles. The van der Waals surface area contributed by atoms with Crippen LogP contribution in [0.2, 0.25) is 5.54 Å². The van der Waals surface area contributed by atoms with E-state index >= 15 is 0 Å². The average Bonchev–Trinajstić information content (AvgIpc) is 3.37. The second kappa shape index (κ2) is 17.3. The van der Waals surface area contributed by atoms with Gasteiger partial charge >= 0.3 is 0 Å². The van der Waals surface area contributed by atoms with Crippen LogP contribution < -0.4 is 36.3 Å². The summed E-state index contributed by atoms with van der Waals surface area (Å²) in [5.74, 6) is 1.95. The van der Waals surface area contributed by atoms with Crippen molar-refractivity contribution in [3.05, 3.63) is 255 Å². The second-order valence-electron chi connectivity index (χ2n) is 15.9. The first-order valence-electron chi connectivity index (χ1n) is 21.4. The summed E-state index contributed by atoms with van der Waals surface area (Å²) in [6, 6.07) is 83.8. The summed E-state index contributed by atoms with van der Waals surface area (Å²) in [7, 11) is -5.48. The lowest BCUT2D eigenvalue weighted by Gasteiger charge is -2.40. The van der Waals surface area contributed by atoms with Gasteiger partial charge in [-0.2, -0.15) is 0 Å². The largest absolute Gasteiger partial charge is 0.208 e. The molecule has 0 N–H and O–H groups in total. The van der Waals surface area contributed by atoms with Crippen molar-refractivity contribution in [2.45, 2.75) is 12.0 Å². The Balaban J connectivity index is 1.19. The van der Waals surface area contributed by atoms with E-state index in [0.29, 0.717) is 23.0 Å². The first-order chi connectivity index (χ1) is 30.7. The van der Waals surface area contributed by atoms with Gasteiger partial charge in [0.25, 0.3) is 0 Å². The smallest absolute Gasteiger partial charge is 0.179 e. The highest BCUT2D eigenvalue weighted by Crippen LogP contribution is 2.32. The molecule has 1 aromatic heterocycles. The van der Waals surface area contributed by atoms with Crippen LogP contribution in [0.3, 0.4) is 0 Å². The fourth-order valence-electron chi connectivity index (χ4n) is 9.66. The van der Waals surface area contributed by atoms with Crippen molar-refractivity contribution in [2.75, 3.05) is 0 Å². The Bertz CT molecular complexity index is 2840. The fourth-order valence-corrected chi connectivity index (χ4v) is 19.8. The maximum atomic E-state index is 5.41. The van der Waals surface area contributed by atoms with Gasteiger partial charge < -0.3 is 0 Å². The Hall–Kier alpha value is -7.32. The first kappa shape index (κ1) is 38.9. The van der Waals surface area contributed by atoms with E-state index in [1.807, 2.05) is 18.2 Å². The molecule has 0 aliphatic heterocycles. The standard InChI is InChI=1S/C57H45N3Si2/c1-8-24-44(25-9-1)55-58-56(45-26-22-40-53(42-45)61(47-28-10-2-11-29-47,48-30-12-3-13-31-48)49-32-14-4-15-33-49)60-57(59-55)46-27-23-41-54(43-46)62(50-34-16-5-17-35-50,51-36-18-6-19-37-51)52-38-20-7-21-39-52/h1-38,40-43,52H,39H2. The van der Waals surface area contributed by atoms with E-state index in [0.717, 1.165) is 23.1 Å². The maximum absolute atomic E-state index is 5.41. The predicted molar refractivity (Wildman–Crippen MR) is 264 cm³/mol. The van der Waals surface area contributed by atoms with Gasteiger partial charge in [0, 0.05) is 16.7 Å². The number of hydrogen-bond acceptors (Lipinski definition) is 3. The first-order valence-corrected chi connectivity index (χ1v) is 25.5. The summed E-state index contributed by atoms with van der Waals surface area (Å²) >= 11 is 0. The van der Waals surface area contributed by atoms with Gasteiger partial charge in [-0.25, -0.2) is 15.0 Å². The fraction of sp³-hybridized carbons (Fsp3) is 0.0351. The summed E-state index contributed by atoms with van der Waals surface area (Å²) in [5, 5.41) is 9.32. The zero-order valence-corrected chi connectivity index (χ0v) is 36.4. The molecule has 5 heteroatoms. The molecule has 8 aromatic carbocycles. The molecule has 10 rings (SSSR count). The van der Waals surface area contributed by atoms with Crippen molar-refractivity contribution in [1.82, 2.24) is 15.0 Å². The molecular weight excluding hydrogens is 783 g/mol. The molecule has 62 heavy (non-hydrogen) atoms. The summed E-state index contributed by atoms with van der Waals surface area (Å²) in [4.78, 5) is 15.9. The van der Waals surface area contributed by atoms with E-state index in [1.165, 1.54) is 36.3 Å². The minimum Gasteiger partial charge on any atom is -0.208 e. The Labute approximate surface area is 366 Å². The zero-order valence-electron chi connectivity index (χ0n) is 34.4. The van der Waals surface area contributed by atoms with Crippen LogP contribution in [0.25, 0.3) is 34.2 Å². The lowest BCUT2D eigenvalue weighted by atomic mass is 10.1. The molecule has 0 bridgehead atoms. The third-order valence-corrected chi connectivity index (χ3v) is 22.4. The normalized spacial score (nSPS) is 13.8. The minimum absolute atomic E-state index is 0.312. The van der Waals surface area contributed by atoms with Crippen LogP contribution in [0.5, 0.6) is 0 Å². The topological polar surface area (TPSA) is 38.7 Å². The van der Waals surface area contributed by atoms with Crippen molar-refractivity contribution >= 4 is 52.5 Å². The SMILES string of the molecule is C1=CCC([Si](c2ccccc2)(c2ccccc2)c2cccc(-c3nc(-c4ccccc4)nc(-c4cccc([Si](c5ccccc5)(c5ccccc5)c5ccccc5)c4)n3)c2)C=C1. The quantitative estimate of drug-likeness (QED) is 0.0970. The lowest BCUT2D eigenvalue weighted by molar-refractivity contribution is 0.997. The van der Waals surface area contributed by atoms with Crippen molar-refractivity contribution in [1.29, 1.82) is 0 Å². The Morgan fingerprint density at radius 1 is 0.323 bits per heavy atom. The van der Waals surface area contributed by atoms with Crippen molar-refractivity contribution in [2.24, 2.45) is 0 Å². The van der Waals surface area contributed by atoms with E-state index in [9.17, 15) is 0 Å². The third-order valence-electron chi connectivity index (χ3n) is 12.4. The van der Waals surface area contributed by atoms with Crippen LogP contribution in [0.15, 0.2) is 255 Å². The monoisotopic (exact) mass is 827 g/mol. The molecule has 1 unspecified atom stereocenters. The van der Waals surface area contributed by atoms with Crippen LogP contribution >= 0.6 is 0 Å². The van der Waals surface area contributed by atoms with E-state index in [-0.39, 0.29) is 0 Å². The molecule has 9 aromatic rings. The molecule has 1 aliphatic carbocycles. The number of benzene rings is 8. The molecule has 0 amide bonds. The predicted octanol–water partition coefficient (Wildman–Crippen LogP) is 8.61. The molecule has 1 aliphatic rings. The molecule has 3 nitrogen and oxygen atoms in total. The highest BCUT2D eigenvalue weighted by molar-refractivity contribution is 7.20. The van der Waals surface area contributed by atoms with E-state index < -0.39 is 16.1 Å². The molecule has 0 saturated carbocycles. The van der Waals surface area contributed by atoms with Crippen molar-refractivity contribution < 1.29 is 0 Å². The number of rotatable bonds is 11. The summed E-state index contributed by atoms with van der Waals surface area (Å²) < 4.78 is 0. The summed E-state index contributed by atoms with van der Waals surface area (Å²) in [6.45, 7) is 0. The third kappa shape index (κ3) is 7.11. The van der Waals surface area contributed by atoms with Crippen LogP contribution in [-0.2, 0) is 0 Å². The van der Waals surface area contributed by atoms with Crippen LogP contribution in [0.1, 0.15) is 6.42 Å². The second-order valence-corrected chi connectivity index (χ2v) is 23.8. The summed E-state index contributed by atoms with van der Waals surface area (Å²) in [6.07, 6.45) is 10.1. The van der Waals surface area contributed by atoms with Crippen molar-refractivity contribution in [3.8, 4) is 34.2 Å². The molecular formula is C57H45N3Si2. The average molecular weight is 828 g/mol. The van der Waals surface area contributed by atoms with Gasteiger partial charge in [0.1, 0.15) is 0 Å². The van der Waals surface area contributed by atoms with Gasteiger partial charge in [0.05, 0.1) is 0 Å². The highest BCUT2D eigenvalue weighted by Gasteiger charge is 2.45. The maximum Gasteiger partial charge on any atom is 0.179 e. The van der Waals surface area contributed by atoms with Crippen LogP contribution in [0, 0.1) is 0 Å². The Morgan fingerprint density at radius 3 is 1.11 bits per heavy atom. The zero-order chi connectivity index (χ0) is 41.6. The van der Waals surface area contributed by atoms with Gasteiger partial charge in [0.15, 0.2) is 33.6 Å². The number of aromatic nitrogens is 3.